The maximum atomic E-state index is 12.3. The van der Waals surface area contributed by atoms with Gasteiger partial charge in [-0.2, -0.15) is 0 Å². The number of pyridine rings is 1. The Bertz CT molecular complexity index is 1050. The van der Waals surface area contributed by atoms with Crippen LogP contribution in [0.3, 0.4) is 0 Å². The number of hydrogen-bond acceptors (Lipinski definition) is 6. The number of rotatable bonds is 4. The van der Waals surface area contributed by atoms with Crippen molar-refractivity contribution in [2.45, 2.75) is 11.8 Å². The molecular formula is C15H14N4O5S. The van der Waals surface area contributed by atoms with Crippen molar-refractivity contribution < 1.29 is 18.0 Å². The predicted octanol–water partition coefficient (Wildman–Crippen LogP) is -0.398. The van der Waals surface area contributed by atoms with Gasteiger partial charge in [0.05, 0.1) is 21.7 Å². The van der Waals surface area contributed by atoms with Gasteiger partial charge in [-0.15, -0.1) is 0 Å². The number of nitrogen functional groups attached to an aromatic ring is 1. The Morgan fingerprint density at radius 1 is 1.12 bits per heavy atom. The maximum Gasteiger partial charge on any atom is 0.262 e. The van der Waals surface area contributed by atoms with Crippen LogP contribution in [0.5, 0.6) is 0 Å². The fraction of sp³-hybridized carbons (Fsp3) is 0.133. The molecule has 130 valence electrons. The number of imide groups is 1. The number of fused-ring (bicyclic) bond motifs is 1. The van der Waals surface area contributed by atoms with E-state index in [0.29, 0.717) is 0 Å². The zero-order valence-corrected chi connectivity index (χ0v) is 13.9. The summed E-state index contributed by atoms with van der Waals surface area (Å²) in [5.74, 6) is -1.55. The van der Waals surface area contributed by atoms with Crippen molar-refractivity contribution in [2.75, 3.05) is 12.3 Å². The first kappa shape index (κ1) is 16.9. The predicted molar refractivity (Wildman–Crippen MR) is 89.1 cm³/mol. The molecule has 0 saturated heterocycles. The van der Waals surface area contributed by atoms with Crippen molar-refractivity contribution >= 4 is 27.7 Å². The van der Waals surface area contributed by atoms with Crippen LogP contribution < -0.4 is 21.3 Å². The fourth-order valence-electron chi connectivity index (χ4n) is 2.59. The van der Waals surface area contributed by atoms with Crippen LogP contribution in [0.25, 0.3) is 5.69 Å². The lowest BCUT2D eigenvalue weighted by molar-refractivity contribution is 0.0880. The molecule has 2 amide bonds. The minimum absolute atomic E-state index is 0.0267. The number of carbonyl (C=O) groups excluding carboxylic acids is 2. The Labute approximate surface area is 142 Å². The minimum atomic E-state index is -3.63. The van der Waals surface area contributed by atoms with E-state index in [1.165, 1.54) is 24.3 Å². The van der Waals surface area contributed by atoms with Gasteiger partial charge in [-0.3, -0.25) is 24.3 Å². The van der Waals surface area contributed by atoms with Crippen LogP contribution in [-0.4, -0.2) is 31.3 Å². The van der Waals surface area contributed by atoms with E-state index in [9.17, 15) is 22.8 Å². The molecule has 4 N–H and O–H groups in total. The number of nitrogens with zero attached hydrogens (tertiary/aromatic N) is 1. The second kappa shape index (κ2) is 5.83. The highest BCUT2D eigenvalue weighted by molar-refractivity contribution is 7.89. The lowest BCUT2D eigenvalue weighted by Crippen LogP contribution is -2.25. The van der Waals surface area contributed by atoms with Crippen LogP contribution in [0, 0.1) is 0 Å². The largest absolute Gasteiger partial charge is 0.384 e. The standard InChI is InChI=1S/C15H14N4O5S/c1-2-17-25(23,24)9-5-3-8(4-6-9)19-11(20)7-10-12(13(19)16)15(22)18-14(10)21/h3-7,17H,2,16H2,1H3,(H,18,21,22). The second-order valence-electron chi connectivity index (χ2n) is 5.27. The lowest BCUT2D eigenvalue weighted by Gasteiger charge is -2.12. The molecule has 25 heavy (non-hydrogen) atoms. The van der Waals surface area contributed by atoms with E-state index in [2.05, 4.69) is 10.0 Å². The van der Waals surface area contributed by atoms with Gasteiger partial charge >= 0.3 is 0 Å². The van der Waals surface area contributed by atoms with Crippen molar-refractivity contribution in [3.63, 3.8) is 0 Å². The molecule has 0 aliphatic carbocycles. The van der Waals surface area contributed by atoms with Crippen molar-refractivity contribution in [1.82, 2.24) is 14.6 Å². The number of sulfonamides is 1. The first-order valence-electron chi connectivity index (χ1n) is 7.27. The molecule has 0 fully saturated rings. The normalized spacial score (nSPS) is 13.6. The summed E-state index contributed by atoms with van der Waals surface area (Å²) in [4.78, 5) is 35.8. The average Bonchev–Trinajstić information content (AvgIpc) is 2.82. The molecule has 0 bridgehead atoms. The molecule has 10 heteroatoms. The number of nitrogens with two attached hydrogens (primary N) is 1. The molecule has 9 nitrogen and oxygen atoms in total. The van der Waals surface area contributed by atoms with Crippen LogP contribution in [0.2, 0.25) is 0 Å². The number of anilines is 1. The summed E-state index contributed by atoms with van der Waals surface area (Å²) in [7, 11) is -3.63. The molecule has 1 aromatic heterocycles. The second-order valence-corrected chi connectivity index (χ2v) is 7.04. The van der Waals surface area contributed by atoms with E-state index in [0.717, 1.165) is 10.6 Å². The molecule has 1 aliphatic heterocycles. The monoisotopic (exact) mass is 362 g/mol. The summed E-state index contributed by atoms with van der Waals surface area (Å²) in [6.07, 6.45) is 0. The highest BCUT2D eigenvalue weighted by Gasteiger charge is 2.31. The Balaban J connectivity index is 2.13. The van der Waals surface area contributed by atoms with Crippen LogP contribution in [-0.2, 0) is 10.0 Å². The summed E-state index contributed by atoms with van der Waals surface area (Å²) >= 11 is 0. The maximum absolute atomic E-state index is 12.3. The van der Waals surface area contributed by atoms with Gasteiger partial charge < -0.3 is 5.73 Å². The zero-order valence-electron chi connectivity index (χ0n) is 13.1. The van der Waals surface area contributed by atoms with Crippen LogP contribution in [0.4, 0.5) is 5.82 Å². The third-order valence-electron chi connectivity index (χ3n) is 3.69. The van der Waals surface area contributed by atoms with Crippen LogP contribution >= 0.6 is 0 Å². The van der Waals surface area contributed by atoms with Crippen molar-refractivity contribution in [3.05, 3.63) is 51.8 Å². The number of carbonyl (C=O) groups is 2. The van der Waals surface area contributed by atoms with Crippen molar-refractivity contribution in [1.29, 1.82) is 0 Å². The Kier molecular flexibility index (Phi) is 3.93. The topological polar surface area (TPSA) is 140 Å². The van der Waals surface area contributed by atoms with Gasteiger partial charge in [0.1, 0.15) is 5.82 Å². The number of amides is 2. The average molecular weight is 362 g/mol. The summed E-state index contributed by atoms with van der Waals surface area (Å²) < 4.78 is 27.3. The SMILES string of the molecule is CCNS(=O)(=O)c1ccc(-n2c(N)c3c(cc2=O)C(=O)NC3=O)cc1. The summed E-state index contributed by atoms with van der Waals surface area (Å²) in [5.41, 5.74) is 5.43. The molecule has 0 radical (unpaired) electrons. The zero-order chi connectivity index (χ0) is 18.4. The number of aromatic nitrogens is 1. The van der Waals surface area contributed by atoms with Crippen LogP contribution in [0.15, 0.2) is 40.0 Å². The number of hydrogen-bond donors (Lipinski definition) is 3. The van der Waals surface area contributed by atoms with Gasteiger partial charge in [0, 0.05) is 12.6 Å². The highest BCUT2D eigenvalue weighted by Crippen LogP contribution is 2.23. The first-order valence-corrected chi connectivity index (χ1v) is 8.76. The summed E-state index contributed by atoms with van der Waals surface area (Å²) in [5, 5.41) is 2.07. The van der Waals surface area contributed by atoms with Gasteiger partial charge in [0.15, 0.2) is 0 Å². The quantitative estimate of drug-likeness (QED) is 0.632. The van der Waals surface area contributed by atoms with Gasteiger partial charge in [-0.05, 0) is 24.3 Å². The van der Waals surface area contributed by atoms with Gasteiger partial charge in [-0.25, -0.2) is 13.1 Å². The van der Waals surface area contributed by atoms with E-state index in [-0.39, 0.29) is 34.1 Å². The molecule has 0 spiro atoms. The van der Waals surface area contributed by atoms with E-state index in [4.69, 9.17) is 5.73 Å². The van der Waals surface area contributed by atoms with E-state index < -0.39 is 27.4 Å². The fourth-order valence-corrected chi connectivity index (χ4v) is 3.63. The lowest BCUT2D eigenvalue weighted by atomic mass is 10.1. The summed E-state index contributed by atoms with van der Waals surface area (Å²) in [6, 6.07) is 6.44. The minimum Gasteiger partial charge on any atom is -0.384 e. The molecular weight excluding hydrogens is 348 g/mol. The third kappa shape index (κ3) is 2.71. The highest BCUT2D eigenvalue weighted by atomic mass is 32.2. The van der Waals surface area contributed by atoms with E-state index in [1.807, 2.05) is 0 Å². The molecule has 1 aliphatic rings. The van der Waals surface area contributed by atoms with Gasteiger partial charge in [0.2, 0.25) is 10.0 Å². The molecule has 3 rings (SSSR count). The smallest absolute Gasteiger partial charge is 0.262 e. The van der Waals surface area contributed by atoms with Crippen LogP contribution in [0.1, 0.15) is 27.6 Å². The molecule has 2 aromatic rings. The molecule has 0 unspecified atom stereocenters. The van der Waals surface area contributed by atoms with Gasteiger partial charge in [-0.1, -0.05) is 6.92 Å². The van der Waals surface area contributed by atoms with E-state index >= 15 is 0 Å². The van der Waals surface area contributed by atoms with E-state index in [1.54, 1.807) is 6.92 Å². The third-order valence-corrected chi connectivity index (χ3v) is 5.25. The Morgan fingerprint density at radius 2 is 1.76 bits per heavy atom. The Morgan fingerprint density at radius 3 is 2.36 bits per heavy atom. The van der Waals surface area contributed by atoms with Crippen molar-refractivity contribution in [3.8, 4) is 5.69 Å². The molecule has 0 atom stereocenters. The van der Waals surface area contributed by atoms with Gasteiger partial charge in [0.25, 0.3) is 17.4 Å². The Hall–Kier alpha value is -2.98. The molecule has 0 saturated carbocycles. The van der Waals surface area contributed by atoms with Crippen molar-refractivity contribution in [2.24, 2.45) is 0 Å². The number of benzene rings is 1. The first-order chi connectivity index (χ1) is 11.8. The molecule has 2 heterocycles. The number of nitrogens with one attached hydrogen (secondary N) is 2. The summed E-state index contributed by atoms with van der Waals surface area (Å²) in [6.45, 7) is 1.90. The molecule has 1 aromatic carbocycles.